The van der Waals surface area contributed by atoms with Crippen molar-refractivity contribution in [2.75, 3.05) is 11.9 Å². The van der Waals surface area contributed by atoms with Crippen molar-refractivity contribution in [3.05, 3.63) is 64.4 Å². The minimum absolute atomic E-state index is 0.146. The molecule has 1 heterocycles. The number of carbonyl (C=O) groups excluding carboxylic acids is 1. The standard InChI is InChI=1S/C16H14ClFN2O/c17-11-5-6-15(14(18)7-11)20-16(21)13-9-19-8-10-3-1-2-4-12(10)13/h1-7,13,19H,8-9H2,(H,20,21). The van der Waals surface area contributed by atoms with Gasteiger partial charge in [-0.05, 0) is 29.3 Å². The third-order valence-corrected chi connectivity index (χ3v) is 3.84. The summed E-state index contributed by atoms with van der Waals surface area (Å²) in [7, 11) is 0. The van der Waals surface area contributed by atoms with E-state index in [0.29, 0.717) is 11.6 Å². The Morgan fingerprint density at radius 1 is 1.29 bits per heavy atom. The smallest absolute Gasteiger partial charge is 0.233 e. The first-order valence-corrected chi connectivity index (χ1v) is 7.07. The van der Waals surface area contributed by atoms with Crippen LogP contribution in [0, 0.1) is 5.82 Å². The fourth-order valence-electron chi connectivity index (χ4n) is 2.54. The number of amides is 1. The van der Waals surface area contributed by atoms with Crippen molar-refractivity contribution in [2.45, 2.75) is 12.5 Å². The van der Waals surface area contributed by atoms with Gasteiger partial charge in [-0.2, -0.15) is 0 Å². The first kappa shape index (κ1) is 14.0. The van der Waals surface area contributed by atoms with Gasteiger partial charge in [0.2, 0.25) is 5.91 Å². The van der Waals surface area contributed by atoms with Crippen LogP contribution >= 0.6 is 11.6 Å². The number of hydrogen-bond donors (Lipinski definition) is 2. The summed E-state index contributed by atoms with van der Waals surface area (Å²) >= 11 is 5.71. The van der Waals surface area contributed by atoms with Crippen molar-refractivity contribution in [3.8, 4) is 0 Å². The molecule has 0 aromatic heterocycles. The summed E-state index contributed by atoms with van der Waals surface area (Å²) in [5, 5.41) is 6.14. The minimum atomic E-state index is -0.534. The van der Waals surface area contributed by atoms with Gasteiger partial charge in [0.25, 0.3) is 0 Å². The van der Waals surface area contributed by atoms with E-state index in [-0.39, 0.29) is 17.5 Å². The van der Waals surface area contributed by atoms with Crippen LogP contribution in [0.3, 0.4) is 0 Å². The molecule has 5 heteroatoms. The molecule has 2 aromatic rings. The van der Waals surface area contributed by atoms with Crippen LogP contribution in [-0.4, -0.2) is 12.5 Å². The molecule has 0 bridgehead atoms. The number of rotatable bonds is 2. The van der Waals surface area contributed by atoms with Crippen molar-refractivity contribution >= 4 is 23.2 Å². The molecule has 108 valence electrons. The highest BCUT2D eigenvalue weighted by Gasteiger charge is 2.26. The number of anilines is 1. The molecule has 0 saturated carbocycles. The van der Waals surface area contributed by atoms with Crippen molar-refractivity contribution in [2.24, 2.45) is 0 Å². The summed E-state index contributed by atoms with van der Waals surface area (Å²) in [6, 6.07) is 12.0. The Balaban J connectivity index is 1.83. The summed E-state index contributed by atoms with van der Waals surface area (Å²) in [6.45, 7) is 1.29. The number of carbonyl (C=O) groups is 1. The molecule has 2 N–H and O–H groups in total. The van der Waals surface area contributed by atoms with Crippen LogP contribution in [0.4, 0.5) is 10.1 Å². The average Bonchev–Trinajstić information content (AvgIpc) is 2.49. The highest BCUT2D eigenvalue weighted by Crippen LogP contribution is 2.26. The van der Waals surface area contributed by atoms with Gasteiger partial charge in [0.1, 0.15) is 5.82 Å². The number of nitrogens with one attached hydrogen (secondary N) is 2. The molecule has 1 amide bonds. The molecule has 3 rings (SSSR count). The Kier molecular flexibility index (Phi) is 3.90. The molecule has 2 aromatic carbocycles. The van der Waals surface area contributed by atoms with E-state index in [1.165, 1.54) is 12.1 Å². The maximum atomic E-state index is 13.8. The molecule has 0 aliphatic carbocycles. The van der Waals surface area contributed by atoms with Gasteiger partial charge in [-0.25, -0.2) is 4.39 Å². The van der Waals surface area contributed by atoms with Crippen LogP contribution in [0.15, 0.2) is 42.5 Å². The van der Waals surface area contributed by atoms with Gasteiger partial charge in [-0.3, -0.25) is 4.79 Å². The lowest BCUT2D eigenvalue weighted by Gasteiger charge is -2.25. The second-order valence-electron chi connectivity index (χ2n) is 5.00. The molecular formula is C16H14ClFN2O. The topological polar surface area (TPSA) is 41.1 Å². The maximum Gasteiger partial charge on any atom is 0.233 e. The Morgan fingerprint density at radius 3 is 2.90 bits per heavy atom. The van der Waals surface area contributed by atoms with Gasteiger partial charge in [0, 0.05) is 18.1 Å². The van der Waals surface area contributed by atoms with Crippen molar-refractivity contribution in [1.82, 2.24) is 5.32 Å². The van der Waals surface area contributed by atoms with Crippen LogP contribution in [0.5, 0.6) is 0 Å². The molecule has 0 radical (unpaired) electrons. The molecular weight excluding hydrogens is 291 g/mol. The predicted molar refractivity (Wildman–Crippen MR) is 80.9 cm³/mol. The van der Waals surface area contributed by atoms with Gasteiger partial charge in [-0.1, -0.05) is 35.9 Å². The van der Waals surface area contributed by atoms with E-state index in [1.807, 2.05) is 24.3 Å². The molecule has 0 saturated heterocycles. The lowest BCUT2D eigenvalue weighted by molar-refractivity contribution is -0.117. The number of halogens is 2. The van der Waals surface area contributed by atoms with E-state index in [0.717, 1.165) is 17.7 Å². The molecule has 1 atom stereocenters. The molecule has 1 aliphatic heterocycles. The van der Waals surface area contributed by atoms with Crippen molar-refractivity contribution < 1.29 is 9.18 Å². The van der Waals surface area contributed by atoms with Gasteiger partial charge in [-0.15, -0.1) is 0 Å². The number of benzene rings is 2. The van der Waals surface area contributed by atoms with Gasteiger partial charge < -0.3 is 10.6 Å². The summed E-state index contributed by atoms with van der Waals surface area (Å²) in [5.74, 6) is -1.09. The summed E-state index contributed by atoms with van der Waals surface area (Å²) in [6.07, 6.45) is 0. The zero-order valence-electron chi connectivity index (χ0n) is 11.2. The summed E-state index contributed by atoms with van der Waals surface area (Å²) in [4.78, 5) is 12.4. The van der Waals surface area contributed by atoms with Crippen molar-refractivity contribution in [3.63, 3.8) is 0 Å². The summed E-state index contributed by atoms with van der Waals surface area (Å²) in [5.41, 5.74) is 2.23. The van der Waals surface area contributed by atoms with E-state index in [1.54, 1.807) is 6.07 Å². The fraction of sp³-hybridized carbons (Fsp3) is 0.188. The quantitative estimate of drug-likeness (QED) is 0.894. The second-order valence-corrected chi connectivity index (χ2v) is 5.43. The Bertz CT molecular complexity index is 690. The monoisotopic (exact) mass is 304 g/mol. The molecule has 3 nitrogen and oxygen atoms in total. The van der Waals surface area contributed by atoms with Crippen LogP contribution in [0.2, 0.25) is 5.02 Å². The average molecular weight is 305 g/mol. The predicted octanol–water partition coefficient (Wildman–Crippen LogP) is 3.30. The molecule has 1 aliphatic rings. The molecule has 21 heavy (non-hydrogen) atoms. The van der Waals surface area contributed by atoms with E-state index in [4.69, 9.17) is 11.6 Å². The van der Waals surface area contributed by atoms with Crippen LogP contribution in [-0.2, 0) is 11.3 Å². The van der Waals surface area contributed by atoms with Gasteiger partial charge in [0.05, 0.1) is 11.6 Å². The first-order chi connectivity index (χ1) is 10.1. The van der Waals surface area contributed by atoms with Crippen molar-refractivity contribution in [1.29, 1.82) is 0 Å². The number of hydrogen-bond acceptors (Lipinski definition) is 2. The molecule has 0 fully saturated rings. The number of fused-ring (bicyclic) bond motifs is 1. The highest BCUT2D eigenvalue weighted by atomic mass is 35.5. The fourth-order valence-corrected chi connectivity index (χ4v) is 2.70. The summed E-state index contributed by atoms with van der Waals surface area (Å²) < 4.78 is 13.8. The minimum Gasteiger partial charge on any atom is -0.323 e. The van der Waals surface area contributed by atoms with E-state index < -0.39 is 5.82 Å². The lowest BCUT2D eigenvalue weighted by Crippen LogP contribution is -2.35. The van der Waals surface area contributed by atoms with E-state index in [2.05, 4.69) is 10.6 Å². The third kappa shape index (κ3) is 2.91. The first-order valence-electron chi connectivity index (χ1n) is 6.69. The van der Waals surface area contributed by atoms with Gasteiger partial charge >= 0.3 is 0 Å². The maximum absolute atomic E-state index is 13.8. The Hall–Kier alpha value is -1.91. The zero-order chi connectivity index (χ0) is 14.8. The van der Waals surface area contributed by atoms with E-state index >= 15 is 0 Å². The zero-order valence-corrected chi connectivity index (χ0v) is 12.0. The Morgan fingerprint density at radius 2 is 2.10 bits per heavy atom. The second kappa shape index (κ2) is 5.84. The van der Waals surface area contributed by atoms with Crippen LogP contribution in [0.1, 0.15) is 17.0 Å². The van der Waals surface area contributed by atoms with Gasteiger partial charge in [0.15, 0.2) is 0 Å². The lowest BCUT2D eigenvalue weighted by atomic mass is 9.90. The van der Waals surface area contributed by atoms with Crippen LogP contribution < -0.4 is 10.6 Å². The van der Waals surface area contributed by atoms with Crippen LogP contribution in [0.25, 0.3) is 0 Å². The largest absolute Gasteiger partial charge is 0.323 e. The molecule has 0 spiro atoms. The SMILES string of the molecule is O=C(Nc1ccc(Cl)cc1F)C1CNCc2ccccc21. The van der Waals surface area contributed by atoms with E-state index in [9.17, 15) is 9.18 Å². The highest BCUT2D eigenvalue weighted by molar-refractivity contribution is 6.30. The Labute approximate surface area is 127 Å². The normalized spacial score (nSPS) is 17.1. The molecule has 1 unspecified atom stereocenters. The third-order valence-electron chi connectivity index (χ3n) is 3.60.